The molecular weight excluding hydrogens is 233 g/mol. The van der Waals surface area contributed by atoms with Crippen molar-refractivity contribution in [2.45, 2.75) is 27.4 Å². The Hall–Kier alpha value is -1.52. The number of esters is 1. The molecule has 0 atom stereocenters. The fourth-order valence-corrected chi connectivity index (χ4v) is 1.07. The van der Waals surface area contributed by atoms with Gasteiger partial charge in [-0.15, -0.1) is 0 Å². The molecule has 17 heavy (non-hydrogen) atoms. The van der Waals surface area contributed by atoms with Crippen molar-refractivity contribution < 1.29 is 22.7 Å². The van der Waals surface area contributed by atoms with E-state index in [2.05, 4.69) is 0 Å². The molecule has 0 aliphatic carbocycles. The summed E-state index contributed by atoms with van der Waals surface area (Å²) in [6, 6.07) is 1.23. The molecule has 1 rings (SSSR count). The summed E-state index contributed by atoms with van der Waals surface area (Å²) >= 11 is 0. The first-order chi connectivity index (χ1) is 7.71. The van der Waals surface area contributed by atoms with Gasteiger partial charge in [0.2, 0.25) is 0 Å². The number of hydrogen-bond donors (Lipinski definition) is 0. The topological polar surface area (TPSA) is 26.3 Å². The molecule has 0 radical (unpaired) electrons. The normalized spacial score (nSPS) is 11.4. The van der Waals surface area contributed by atoms with Crippen molar-refractivity contribution in [1.82, 2.24) is 0 Å². The minimum absolute atomic E-state index is 0.319. The highest BCUT2D eigenvalue weighted by Crippen LogP contribution is 2.19. The molecule has 0 spiro atoms. The van der Waals surface area contributed by atoms with Crippen LogP contribution < -0.4 is 0 Å². The summed E-state index contributed by atoms with van der Waals surface area (Å²) in [5.41, 5.74) is -1.07. The van der Waals surface area contributed by atoms with Gasteiger partial charge in [0.1, 0.15) is 12.4 Å². The predicted molar refractivity (Wildman–Crippen MR) is 55.6 cm³/mol. The first kappa shape index (κ1) is 13.5. The van der Waals surface area contributed by atoms with Crippen molar-refractivity contribution in [2.75, 3.05) is 0 Å². The Morgan fingerprint density at radius 2 is 1.82 bits per heavy atom. The van der Waals surface area contributed by atoms with Gasteiger partial charge in [-0.1, -0.05) is 0 Å². The van der Waals surface area contributed by atoms with Crippen LogP contribution in [0.3, 0.4) is 0 Å². The summed E-state index contributed by atoms with van der Waals surface area (Å²) in [6.07, 6.45) is 0. The third kappa shape index (κ3) is 3.47. The fourth-order valence-electron chi connectivity index (χ4n) is 1.07. The van der Waals surface area contributed by atoms with E-state index < -0.39 is 35.4 Å². The van der Waals surface area contributed by atoms with Crippen molar-refractivity contribution in [1.29, 1.82) is 0 Å². The van der Waals surface area contributed by atoms with E-state index in [-0.39, 0.29) is 5.56 Å². The van der Waals surface area contributed by atoms with E-state index in [4.69, 9.17) is 4.74 Å². The third-order valence-electron chi connectivity index (χ3n) is 2.04. The summed E-state index contributed by atoms with van der Waals surface area (Å²) < 4.78 is 43.6. The zero-order valence-electron chi connectivity index (χ0n) is 9.81. The van der Waals surface area contributed by atoms with E-state index in [1.807, 2.05) is 0 Å². The predicted octanol–water partition coefficient (Wildman–Crippen LogP) is 3.19. The van der Waals surface area contributed by atoms with Crippen LogP contribution in [0.2, 0.25) is 0 Å². The van der Waals surface area contributed by atoms with Gasteiger partial charge in [0.15, 0.2) is 11.6 Å². The summed E-state index contributed by atoms with van der Waals surface area (Å²) in [4.78, 5) is 11.4. The lowest BCUT2D eigenvalue weighted by molar-refractivity contribution is -0.154. The summed E-state index contributed by atoms with van der Waals surface area (Å²) in [6.45, 7) is 4.38. The van der Waals surface area contributed by atoms with Crippen molar-refractivity contribution in [3.8, 4) is 0 Å². The third-order valence-corrected chi connectivity index (χ3v) is 2.04. The van der Waals surface area contributed by atoms with Crippen molar-refractivity contribution in [3.63, 3.8) is 0 Å². The molecule has 0 aliphatic heterocycles. The van der Waals surface area contributed by atoms with Crippen molar-refractivity contribution in [2.24, 2.45) is 5.41 Å². The van der Waals surface area contributed by atoms with Gasteiger partial charge < -0.3 is 4.74 Å². The molecule has 0 saturated heterocycles. The molecule has 0 bridgehead atoms. The number of carbonyl (C=O) groups is 1. The van der Waals surface area contributed by atoms with Gasteiger partial charge >= 0.3 is 5.97 Å². The first-order valence-corrected chi connectivity index (χ1v) is 5.02. The number of benzene rings is 1. The largest absolute Gasteiger partial charge is 0.460 e. The Kier molecular flexibility index (Phi) is 3.80. The average Bonchev–Trinajstić information content (AvgIpc) is 2.19. The van der Waals surface area contributed by atoms with Crippen LogP contribution in [-0.2, 0) is 16.1 Å². The highest BCUT2D eigenvalue weighted by atomic mass is 19.2. The zero-order valence-corrected chi connectivity index (χ0v) is 9.81. The molecule has 0 amide bonds. The van der Waals surface area contributed by atoms with Gasteiger partial charge in [-0.3, -0.25) is 4.79 Å². The molecule has 0 unspecified atom stereocenters. The SMILES string of the molecule is CC(C)(C)C(=O)OCc1cc(F)cc(F)c1F. The molecule has 5 heteroatoms. The molecular formula is C12H13F3O2. The van der Waals surface area contributed by atoms with Gasteiger partial charge in [-0.05, 0) is 26.8 Å². The number of hydrogen-bond acceptors (Lipinski definition) is 2. The van der Waals surface area contributed by atoms with Crippen molar-refractivity contribution in [3.05, 3.63) is 35.1 Å². The summed E-state index contributed by atoms with van der Waals surface area (Å²) in [5, 5.41) is 0. The quantitative estimate of drug-likeness (QED) is 0.591. The van der Waals surface area contributed by atoms with E-state index >= 15 is 0 Å². The lowest BCUT2D eigenvalue weighted by atomic mass is 9.97. The lowest BCUT2D eigenvalue weighted by Gasteiger charge is -2.16. The van der Waals surface area contributed by atoms with E-state index in [9.17, 15) is 18.0 Å². The molecule has 0 aliphatic rings. The Bertz CT molecular complexity index is 436. The Morgan fingerprint density at radius 1 is 1.24 bits per heavy atom. The lowest BCUT2D eigenvalue weighted by Crippen LogP contribution is -2.23. The van der Waals surface area contributed by atoms with Crippen LogP contribution in [0, 0.1) is 22.9 Å². The second-order valence-electron chi connectivity index (χ2n) is 4.69. The number of ether oxygens (including phenoxy) is 1. The van der Waals surface area contributed by atoms with Crippen LogP contribution in [0.4, 0.5) is 13.2 Å². The van der Waals surface area contributed by atoms with Gasteiger partial charge in [-0.2, -0.15) is 0 Å². The second kappa shape index (κ2) is 4.77. The monoisotopic (exact) mass is 246 g/mol. The summed E-state index contributed by atoms with van der Waals surface area (Å²) in [7, 11) is 0. The number of carbonyl (C=O) groups excluding carboxylic acids is 1. The van der Waals surface area contributed by atoms with Crippen LogP contribution in [0.15, 0.2) is 12.1 Å². The van der Waals surface area contributed by atoms with E-state index in [1.165, 1.54) is 0 Å². The fraction of sp³-hybridized carbons (Fsp3) is 0.417. The zero-order chi connectivity index (χ0) is 13.2. The molecule has 1 aromatic rings. The van der Waals surface area contributed by atoms with Crippen LogP contribution in [-0.4, -0.2) is 5.97 Å². The highest BCUT2D eigenvalue weighted by molar-refractivity contribution is 5.75. The van der Waals surface area contributed by atoms with Gasteiger partial charge in [0.25, 0.3) is 0 Å². The smallest absolute Gasteiger partial charge is 0.311 e. The van der Waals surface area contributed by atoms with E-state index in [0.29, 0.717) is 6.07 Å². The molecule has 0 fully saturated rings. The van der Waals surface area contributed by atoms with Gasteiger partial charge in [0.05, 0.1) is 5.41 Å². The van der Waals surface area contributed by atoms with E-state index in [1.54, 1.807) is 20.8 Å². The van der Waals surface area contributed by atoms with Crippen molar-refractivity contribution >= 4 is 5.97 Å². The maximum absolute atomic E-state index is 13.2. The molecule has 0 N–H and O–H groups in total. The molecule has 0 saturated carbocycles. The number of rotatable bonds is 2. The van der Waals surface area contributed by atoms with Crippen LogP contribution in [0.5, 0.6) is 0 Å². The van der Waals surface area contributed by atoms with Crippen LogP contribution in [0.1, 0.15) is 26.3 Å². The first-order valence-electron chi connectivity index (χ1n) is 5.02. The Labute approximate surface area is 97.4 Å². The Morgan fingerprint density at radius 3 is 2.35 bits per heavy atom. The van der Waals surface area contributed by atoms with Gasteiger partial charge in [-0.25, -0.2) is 13.2 Å². The average molecular weight is 246 g/mol. The number of halogens is 3. The second-order valence-corrected chi connectivity index (χ2v) is 4.69. The minimum atomic E-state index is -1.30. The van der Waals surface area contributed by atoms with Gasteiger partial charge in [0, 0.05) is 11.6 Å². The van der Waals surface area contributed by atoms with E-state index in [0.717, 1.165) is 6.07 Å². The molecule has 1 aromatic carbocycles. The maximum Gasteiger partial charge on any atom is 0.311 e. The standard InChI is InChI=1S/C12H13F3O2/c1-12(2,3)11(16)17-6-7-4-8(13)5-9(14)10(7)15/h4-5H,6H2,1-3H3. The molecule has 0 aromatic heterocycles. The maximum atomic E-state index is 13.2. The molecule has 0 heterocycles. The van der Waals surface area contributed by atoms with Crippen LogP contribution >= 0.6 is 0 Å². The highest BCUT2D eigenvalue weighted by Gasteiger charge is 2.23. The molecule has 94 valence electrons. The van der Waals surface area contributed by atoms with Crippen LogP contribution in [0.25, 0.3) is 0 Å². The molecule has 2 nitrogen and oxygen atoms in total. The Balaban J connectivity index is 2.80. The minimum Gasteiger partial charge on any atom is -0.460 e. The summed E-state index contributed by atoms with van der Waals surface area (Å²) in [5.74, 6) is -3.98.